The van der Waals surface area contributed by atoms with Gasteiger partial charge in [0.25, 0.3) is 5.91 Å². The van der Waals surface area contributed by atoms with E-state index < -0.39 is 11.9 Å². The van der Waals surface area contributed by atoms with Crippen LogP contribution in [0.1, 0.15) is 24.0 Å². The third-order valence-electron chi connectivity index (χ3n) is 3.93. The number of ether oxygens (including phenoxy) is 1. The van der Waals surface area contributed by atoms with Crippen LogP contribution in [0.5, 0.6) is 5.75 Å². The maximum absolute atomic E-state index is 12.1. The van der Waals surface area contributed by atoms with E-state index in [1.807, 2.05) is 32.0 Å². The van der Waals surface area contributed by atoms with E-state index in [9.17, 15) is 14.7 Å². The molecule has 1 fully saturated rings. The van der Waals surface area contributed by atoms with Crippen molar-refractivity contribution in [2.24, 2.45) is 5.92 Å². The molecule has 5 nitrogen and oxygen atoms in total. The molecule has 0 atom stereocenters. The Labute approximate surface area is 124 Å². The monoisotopic (exact) mass is 290 g/mol. The molecule has 0 radical (unpaired) electrons. The summed E-state index contributed by atoms with van der Waals surface area (Å²) in [7, 11) is 0. The van der Waals surface area contributed by atoms with Crippen LogP contribution in [0.15, 0.2) is 18.2 Å². The molecule has 21 heavy (non-hydrogen) atoms. The molecule has 1 heterocycles. The molecule has 0 spiro atoms. The van der Waals surface area contributed by atoms with Crippen molar-refractivity contribution >= 4 is 11.9 Å². The number of benzene rings is 1. The zero-order chi connectivity index (χ0) is 15.4. The number of carbonyl (C=O) groups is 2. The highest BCUT2D eigenvalue weighted by molar-refractivity contribution is 5.78. The molecule has 0 unspecified atom stereocenters. The molecule has 1 saturated heterocycles. The lowest BCUT2D eigenvalue weighted by Crippen LogP contribution is -2.45. The predicted molar refractivity (Wildman–Crippen MR) is 75.7 cm³/mol. The van der Waals surface area contributed by atoms with Crippen LogP contribution in [-0.2, 0) is 9.59 Å². The molecule has 114 valence electrons. The fourth-order valence-corrected chi connectivity index (χ4v) is 2.62. The van der Waals surface area contributed by atoms with Crippen molar-refractivity contribution in [3.05, 3.63) is 29.3 Å². The van der Waals surface area contributed by atoms with Crippen LogP contribution in [0.3, 0.4) is 0 Å². The molecule has 1 aromatic rings. The standard InChI is InChI=1S/C16H21NO4/c1-11-4-3-5-12(2)15(11)21-10-14(18)17-8-6-13(7-9-17)16(19)20/h3-5,13H,6-10H2,1-2H3,(H,19,20)/p-1. The average Bonchev–Trinajstić information content (AvgIpc) is 2.46. The first-order chi connectivity index (χ1) is 9.99. The summed E-state index contributed by atoms with van der Waals surface area (Å²) in [5.74, 6) is -0.813. The van der Waals surface area contributed by atoms with Gasteiger partial charge in [0.15, 0.2) is 6.61 Å². The number of aliphatic carboxylic acids is 1. The van der Waals surface area contributed by atoms with Gasteiger partial charge < -0.3 is 19.5 Å². The van der Waals surface area contributed by atoms with Gasteiger partial charge in [0.1, 0.15) is 5.75 Å². The number of hydrogen-bond donors (Lipinski definition) is 0. The van der Waals surface area contributed by atoms with Gasteiger partial charge in [0.2, 0.25) is 0 Å². The van der Waals surface area contributed by atoms with Gasteiger partial charge >= 0.3 is 0 Å². The Morgan fingerprint density at radius 2 is 1.81 bits per heavy atom. The number of carbonyl (C=O) groups excluding carboxylic acids is 2. The Kier molecular flexibility index (Phi) is 4.83. The van der Waals surface area contributed by atoms with Crippen molar-refractivity contribution in [1.82, 2.24) is 4.90 Å². The zero-order valence-corrected chi connectivity index (χ0v) is 12.4. The topological polar surface area (TPSA) is 69.7 Å². The number of aryl methyl sites for hydroxylation is 2. The number of piperidine rings is 1. The summed E-state index contributed by atoms with van der Waals surface area (Å²) in [5, 5.41) is 10.8. The largest absolute Gasteiger partial charge is 0.550 e. The Balaban J connectivity index is 1.87. The first kappa shape index (κ1) is 15.4. The number of amides is 1. The maximum atomic E-state index is 12.1. The van der Waals surface area contributed by atoms with E-state index in [0.717, 1.165) is 16.9 Å². The van der Waals surface area contributed by atoms with Crippen LogP contribution in [0, 0.1) is 19.8 Å². The molecular weight excluding hydrogens is 270 g/mol. The number of likely N-dealkylation sites (tertiary alicyclic amines) is 1. The van der Waals surface area contributed by atoms with Gasteiger partial charge in [-0.3, -0.25) is 4.79 Å². The van der Waals surface area contributed by atoms with Crippen LogP contribution >= 0.6 is 0 Å². The molecule has 0 saturated carbocycles. The molecule has 1 aromatic carbocycles. The minimum atomic E-state index is -1.02. The molecule has 0 N–H and O–H groups in total. The highest BCUT2D eigenvalue weighted by Gasteiger charge is 2.23. The van der Waals surface area contributed by atoms with Gasteiger partial charge in [-0.15, -0.1) is 0 Å². The highest BCUT2D eigenvalue weighted by atomic mass is 16.5. The predicted octanol–water partition coefficient (Wildman–Crippen LogP) is 0.671. The summed E-state index contributed by atoms with van der Waals surface area (Å²) in [6.45, 7) is 4.78. The third-order valence-corrected chi connectivity index (χ3v) is 3.93. The normalized spacial score (nSPS) is 15.8. The number of nitrogens with zero attached hydrogens (tertiary/aromatic N) is 1. The van der Waals surface area contributed by atoms with Crippen LogP contribution in [0.4, 0.5) is 0 Å². The number of para-hydroxylation sites is 1. The van der Waals surface area contributed by atoms with Crippen molar-refractivity contribution in [1.29, 1.82) is 0 Å². The van der Waals surface area contributed by atoms with Crippen LogP contribution in [-0.4, -0.2) is 36.5 Å². The minimum Gasteiger partial charge on any atom is -0.550 e. The molecule has 1 aliphatic rings. The number of hydrogen-bond acceptors (Lipinski definition) is 4. The first-order valence-electron chi connectivity index (χ1n) is 7.16. The lowest BCUT2D eigenvalue weighted by atomic mass is 9.97. The van der Waals surface area contributed by atoms with Crippen molar-refractivity contribution < 1.29 is 19.4 Å². The van der Waals surface area contributed by atoms with Gasteiger partial charge in [0.05, 0.1) is 0 Å². The summed E-state index contributed by atoms with van der Waals surface area (Å²) in [4.78, 5) is 24.5. The quantitative estimate of drug-likeness (QED) is 0.817. The number of rotatable bonds is 4. The van der Waals surface area contributed by atoms with E-state index in [1.165, 1.54) is 0 Å². The zero-order valence-electron chi connectivity index (χ0n) is 12.4. The van der Waals surface area contributed by atoms with Crippen molar-refractivity contribution in [3.63, 3.8) is 0 Å². The molecule has 0 aliphatic carbocycles. The lowest BCUT2D eigenvalue weighted by Gasteiger charge is -2.32. The Bertz CT molecular complexity index is 513. The highest BCUT2D eigenvalue weighted by Crippen LogP contribution is 2.22. The summed E-state index contributed by atoms with van der Waals surface area (Å²) in [6, 6.07) is 5.83. The molecule has 2 rings (SSSR count). The van der Waals surface area contributed by atoms with Gasteiger partial charge in [0, 0.05) is 25.0 Å². The fraction of sp³-hybridized carbons (Fsp3) is 0.500. The first-order valence-corrected chi connectivity index (χ1v) is 7.16. The second kappa shape index (κ2) is 6.61. The number of carboxylic acids is 1. The Morgan fingerprint density at radius 1 is 1.24 bits per heavy atom. The molecule has 0 bridgehead atoms. The van der Waals surface area contributed by atoms with E-state index in [1.54, 1.807) is 4.90 Å². The Hall–Kier alpha value is -2.04. The van der Waals surface area contributed by atoms with Crippen LogP contribution in [0.2, 0.25) is 0 Å². The van der Waals surface area contributed by atoms with E-state index in [0.29, 0.717) is 25.9 Å². The van der Waals surface area contributed by atoms with Gasteiger partial charge in [-0.1, -0.05) is 18.2 Å². The van der Waals surface area contributed by atoms with Crippen LogP contribution in [0.25, 0.3) is 0 Å². The van der Waals surface area contributed by atoms with E-state index in [2.05, 4.69) is 0 Å². The smallest absolute Gasteiger partial charge is 0.260 e. The van der Waals surface area contributed by atoms with E-state index >= 15 is 0 Å². The second-order valence-corrected chi connectivity index (χ2v) is 5.48. The fourth-order valence-electron chi connectivity index (χ4n) is 2.62. The molecule has 0 aromatic heterocycles. The Morgan fingerprint density at radius 3 is 2.33 bits per heavy atom. The summed E-state index contributed by atoms with van der Waals surface area (Å²) >= 11 is 0. The molecule has 1 aliphatic heterocycles. The van der Waals surface area contributed by atoms with Crippen molar-refractivity contribution in [2.75, 3.05) is 19.7 Å². The lowest BCUT2D eigenvalue weighted by molar-refractivity contribution is -0.312. The van der Waals surface area contributed by atoms with E-state index in [4.69, 9.17) is 4.74 Å². The van der Waals surface area contributed by atoms with Gasteiger partial charge in [-0.25, -0.2) is 0 Å². The average molecular weight is 290 g/mol. The van der Waals surface area contributed by atoms with Crippen molar-refractivity contribution in [3.8, 4) is 5.75 Å². The number of carboxylic acid groups (broad SMARTS) is 1. The minimum absolute atomic E-state index is 0.0122. The van der Waals surface area contributed by atoms with Gasteiger partial charge in [-0.05, 0) is 37.8 Å². The SMILES string of the molecule is Cc1cccc(C)c1OCC(=O)N1CCC(C(=O)[O-])CC1. The molecular formula is C16H20NO4-. The van der Waals surface area contributed by atoms with Gasteiger partial charge in [-0.2, -0.15) is 0 Å². The summed E-state index contributed by atoms with van der Waals surface area (Å²) in [5.41, 5.74) is 2.00. The summed E-state index contributed by atoms with van der Waals surface area (Å²) < 4.78 is 5.64. The van der Waals surface area contributed by atoms with Crippen molar-refractivity contribution in [2.45, 2.75) is 26.7 Å². The molecule has 1 amide bonds. The van der Waals surface area contributed by atoms with E-state index in [-0.39, 0.29) is 12.5 Å². The second-order valence-electron chi connectivity index (χ2n) is 5.48. The third kappa shape index (κ3) is 3.74. The van der Waals surface area contributed by atoms with Crippen LogP contribution < -0.4 is 9.84 Å². The molecule has 5 heteroatoms. The summed E-state index contributed by atoms with van der Waals surface area (Å²) in [6.07, 6.45) is 0.912. The maximum Gasteiger partial charge on any atom is 0.260 e.